The summed E-state index contributed by atoms with van der Waals surface area (Å²) < 4.78 is 5.35. The average molecular weight is 176 g/mol. The second kappa shape index (κ2) is 4.54. The van der Waals surface area contributed by atoms with Gasteiger partial charge in [0.2, 0.25) is 0 Å². The molecule has 0 radical (unpaired) electrons. The number of ether oxygens (including phenoxy) is 1. The highest BCUT2D eigenvalue weighted by atomic mass is 16.5. The summed E-state index contributed by atoms with van der Waals surface area (Å²) in [6.07, 6.45) is 4.94. The molecule has 0 aliphatic heterocycles. The largest absolute Gasteiger partial charge is 0.478 e. The summed E-state index contributed by atoms with van der Waals surface area (Å²) in [5.74, 6) is 3.20. The molecule has 2 heteroatoms. The zero-order valence-corrected chi connectivity index (χ0v) is 7.53. The molecule has 2 nitrogen and oxygen atoms in total. The first kappa shape index (κ1) is 9.63. The van der Waals surface area contributed by atoms with Crippen molar-refractivity contribution in [3.8, 4) is 18.1 Å². The van der Waals surface area contributed by atoms with Gasteiger partial charge < -0.3 is 9.84 Å². The van der Waals surface area contributed by atoms with Crippen molar-refractivity contribution < 1.29 is 9.84 Å². The van der Waals surface area contributed by atoms with Crippen molar-refractivity contribution in [2.75, 3.05) is 0 Å². The third kappa shape index (κ3) is 2.81. The topological polar surface area (TPSA) is 29.5 Å². The number of hydrogen-bond acceptors (Lipinski definition) is 2. The molecule has 0 heterocycles. The van der Waals surface area contributed by atoms with E-state index in [1.807, 2.05) is 0 Å². The zero-order valence-electron chi connectivity index (χ0n) is 7.53. The predicted octanol–water partition coefficient (Wildman–Crippen LogP) is 1.58. The van der Waals surface area contributed by atoms with Gasteiger partial charge in [-0.05, 0) is 24.6 Å². The van der Waals surface area contributed by atoms with Crippen LogP contribution >= 0.6 is 0 Å². The molecule has 1 aromatic carbocycles. The van der Waals surface area contributed by atoms with Crippen LogP contribution in [0.2, 0.25) is 0 Å². The van der Waals surface area contributed by atoms with Crippen LogP contribution in [0.3, 0.4) is 0 Å². The zero-order chi connectivity index (χ0) is 9.68. The van der Waals surface area contributed by atoms with Gasteiger partial charge in [-0.25, -0.2) is 0 Å². The van der Waals surface area contributed by atoms with Gasteiger partial charge in [-0.2, -0.15) is 0 Å². The average Bonchev–Trinajstić information content (AvgIpc) is 2.19. The number of benzene rings is 1. The minimum atomic E-state index is -0.222. The fourth-order valence-corrected chi connectivity index (χ4v) is 0.912. The Morgan fingerprint density at radius 2 is 2.08 bits per heavy atom. The lowest BCUT2D eigenvalue weighted by molar-refractivity contribution is 0.275. The van der Waals surface area contributed by atoms with Crippen molar-refractivity contribution in [3.05, 3.63) is 29.8 Å². The van der Waals surface area contributed by atoms with Gasteiger partial charge in [0.25, 0.3) is 0 Å². The van der Waals surface area contributed by atoms with Crippen LogP contribution in [-0.4, -0.2) is 11.2 Å². The second-order valence-corrected chi connectivity index (χ2v) is 2.73. The van der Waals surface area contributed by atoms with Crippen LogP contribution in [0.25, 0.3) is 0 Å². The summed E-state index contributed by atoms with van der Waals surface area (Å²) in [5.41, 5.74) is 0.862. The molecule has 1 N–H and O–H groups in total. The molecule has 1 unspecified atom stereocenters. The fourth-order valence-electron chi connectivity index (χ4n) is 0.912. The van der Waals surface area contributed by atoms with Gasteiger partial charge in [0.15, 0.2) is 6.10 Å². The third-order valence-corrected chi connectivity index (χ3v) is 1.65. The van der Waals surface area contributed by atoms with Crippen LogP contribution in [0.1, 0.15) is 12.5 Å². The minimum absolute atomic E-state index is 0.0466. The van der Waals surface area contributed by atoms with Gasteiger partial charge in [-0.15, -0.1) is 6.42 Å². The third-order valence-electron chi connectivity index (χ3n) is 1.65. The maximum atomic E-state index is 8.78. The molecule has 68 valence electrons. The molecule has 0 saturated heterocycles. The molecule has 0 fully saturated rings. The maximum absolute atomic E-state index is 8.78. The van der Waals surface area contributed by atoms with Gasteiger partial charge in [0.1, 0.15) is 5.75 Å². The molecule has 0 aliphatic carbocycles. The van der Waals surface area contributed by atoms with Crippen LogP contribution < -0.4 is 4.74 Å². The molecular formula is C11H12O2. The lowest BCUT2D eigenvalue weighted by atomic mass is 10.2. The Labute approximate surface area is 78.2 Å². The van der Waals surface area contributed by atoms with Crippen molar-refractivity contribution in [2.45, 2.75) is 19.6 Å². The number of rotatable bonds is 3. The first-order valence-electron chi connectivity index (χ1n) is 4.09. The monoisotopic (exact) mass is 176 g/mol. The van der Waals surface area contributed by atoms with Gasteiger partial charge in [-0.1, -0.05) is 18.1 Å². The van der Waals surface area contributed by atoms with E-state index in [0.29, 0.717) is 0 Å². The van der Waals surface area contributed by atoms with E-state index in [9.17, 15) is 0 Å². The summed E-state index contributed by atoms with van der Waals surface area (Å²) in [7, 11) is 0. The highest BCUT2D eigenvalue weighted by Crippen LogP contribution is 2.13. The van der Waals surface area contributed by atoms with Crippen LogP contribution in [0, 0.1) is 12.3 Å². The van der Waals surface area contributed by atoms with E-state index in [4.69, 9.17) is 16.3 Å². The highest BCUT2D eigenvalue weighted by Gasteiger charge is 1.98. The fraction of sp³-hybridized carbons (Fsp3) is 0.273. The van der Waals surface area contributed by atoms with Crippen LogP contribution in [0.15, 0.2) is 24.3 Å². The standard InChI is InChI=1S/C11H12O2/c1-3-9(2)13-11-6-4-10(8-12)5-7-11/h1,4-7,9,12H,8H2,2H3. The SMILES string of the molecule is C#CC(C)Oc1ccc(CO)cc1. The predicted molar refractivity (Wildman–Crippen MR) is 51.3 cm³/mol. The van der Waals surface area contributed by atoms with E-state index in [2.05, 4.69) is 5.92 Å². The summed E-state index contributed by atoms with van der Waals surface area (Å²) in [5, 5.41) is 8.78. The Morgan fingerprint density at radius 1 is 1.46 bits per heavy atom. The van der Waals surface area contributed by atoms with Crippen LogP contribution in [-0.2, 0) is 6.61 Å². The van der Waals surface area contributed by atoms with Gasteiger partial charge in [-0.3, -0.25) is 0 Å². The van der Waals surface area contributed by atoms with E-state index in [-0.39, 0.29) is 12.7 Å². The molecule has 0 spiro atoms. The maximum Gasteiger partial charge on any atom is 0.156 e. The summed E-state index contributed by atoms with van der Waals surface area (Å²) in [6, 6.07) is 7.19. The van der Waals surface area contributed by atoms with E-state index in [1.54, 1.807) is 31.2 Å². The van der Waals surface area contributed by atoms with Gasteiger partial charge in [0, 0.05) is 0 Å². The smallest absolute Gasteiger partial charge is 0.156 e. The van der Waals surface area contributed by atoms with Gasteiger partial charge >= 0.3 is 0 Å². The van der Waals surface area contributed by atoms with Crippen molar-refractivity contribution >= 4 is 0 Å². The highest BCUT2D eigenvalue weighted by molar-refractivity contribution is 5.27. The summed E-state index contributed by atoms with van der Waals surface area (Å²) in [6.45, 7) is 1.85. The molecule has 1 atom stereocenters. The van der Waals surface area contributed by atoms with Crippen molar-refractivity contribution in [1.82, 2.24) is 0 Å². The van der Waals surface area contributed by atoms with E-state index in [1.165, 1.54) is 0 Å². The molecule has 0 amide bonds. The van der Waals surface area contributed by atoms with Gasteiger partial charge in [0.05, 0.1) is 6.61 Å². The Balaban J connectivity index is 2.65. The number of terminal acetylenes is 1. The molecular weight excluding hydrogens is 164 g/mol. The summed E-state index contributed by atoms with van der Waals surface area (Å²) >= 11 is 0. The van der Waals surface area contributed by atoms with E-state index < -0.39 is 0 Å². The Hall–Kier alpha value is -1.46. The van der Waals surface area contributed by atoms with Crippen molar-refractivity contribution in [1.29, 1.82) is 0 Å². The quantitative estimate of drug-likeness (QED) is 0.708. The molecule has 0 aliphatic rings. The molecule has 13 heavy (non-hydrogen) atoms. The Morgan fingerprint density at radius 3 is 2.54 bits per heavy atom. The lowest BCUT2D eigenvalue weighted by Crippen LogP contribution is -2.07. The first-order chi connectivity index (χ1) is 6.26. The molecule has 0 saturated carbocycles. The molecule has 1 rings (SSSR count). The molecule has 0 aromatic heterocycles. The summed E-state index contributed by atoms with van der Waals surface area (Å²) in [4.78, 5) is 0. The van der Waals surface area contributed by atoms with E-state index >= 15 is 0 Å². The van der Waals surface area contributed by atoms with Crippen LogP contribution in [0.4, 0.5) is 0 Å². The van der Waals surface area contributed by atoms with Crippen LogP contribution in [0.5, 0.6) is 5.75 Å². The normalized spacial score (nSPS) is 11.8. The first-order valence-corrected chi connectivity index (χ1v) is 4.09. The molecule has 0 bridgehead atoms. The Kier molecular flexibility index (Phi) is 3.36. The minimum Gasteiger partial charge on any atom is -0.478 e. The van der Waals surface area contributed by atoms with Crippen molar-refractivity contribution in [3.63, 3.8) is 0 Å². The number of aliphatic hydroxyl groups is 1. The second-order valence-electron chi connectivity index (χ2n) is 2.73. The van der Waals surface area contributed by atoms with E-state index in [0.717, 1.165) is 11.3 Å². The lowest BCUT2D eigenvalue weighted by Gasteiger charge is -2.08. The number of aliphatic hydroxyl groups excluding tert-OH is 1. The van der Waals surface area contributed by atoms with Crippen molar-refractivity contribution in [2.24, 2.45) is 0 Å². The molecule has 1 aromatic rings. The number of hydrogen-bond donors (Lipinski definition) is 1. The Bertz CT molecular complexity index is 295.